The topological polar surface area (TPSA) is 77.2 Å². The second-order valence-electron chi connectivity index (χ2n) is 7.32. The number of benzene rings is 2. The highest BCUT2D eigenvalue weighted by molar-refractivity contribution is 5.94. The molecule has 0 atom stereocenters. The molecule has 0 unspecified atom stereocenters. The quantitative estimate of drug-likeness (QED) is 0.711. The van der Waals surface area contributed by atoms with Crippen LogP contribution in [0.3, 0.4) is 0 Å². The molecule has 28 heavy (non-hydrogen) atoms. The Hall–Kier alpha value is -2.92. The van der Waals surface area contributed by atoms with Crippen LogP contribution < -0.4 is 15.8 Å². The van der Waals surface area contributed by atoms with Crippen LogP contribution in [0.25, 0.3) is 10.8 Å². The Morgan fingerprint density at radius 1 is 1.11 bits per heavy atom. The minimum Gasteiger partial charge on any atom is -0.490 e. The second-order valence-corrected chi connectivity index (χ2v) is 7.32. The van der Waals surface area contributed by atoms with E-state index < -0.39 is 0 Å². The predicted molar refractivity (Wildman–Crippen MR) is 110 cm³/mol. The fraction of sp³-hybridized carbons (Fsp3) is 0.304. The number of fused-ring (bicyclic) bond motifs is 1. The van der Waals surface area contributed by atoms with Gasteiger partial charge in [-0.05, 0) is 55.5 Å². The monoisotopic (exact) mass is 375 g/mol. The number of aromatic nitrogens is 1. The first-order chi connectivity index (χ1) is 13.7. The van der Waals surface area contributed by atoms with Gasteiger partial charge in [0.1, 0.15) is 5.75 Å². The van der Waals surface area contributed by atoms with Crippen molar-refractivity contribution in [3.63, 3.8) is 0 Å². The van der Waals surface area contributed by atoms with Crippen LogP contribution in [0, 0.1) is 0 Å². The second kappa shape index (κ2) is 8.40. The summed E-state index contributed by atoms with van der Waals surface area (Å²) in [4.78, 5) is 16.7. The Labute approximate surface area is 164 Å². The van der Waals surface area contributed by atoms with E-state index >= 15 is 0 Å². The van der Waals surface area contributed by atoms with Crippen molar-refractivity contribution in [2.24, 2.45) is 5.73 Å². The summed E-state index contributed by atoms with van der Waals surface area (Å²) in [6.07, 6.45) is 7.51. The van der Waals surface area contributed by atoms with Crippen molar-refractivity contribution >= 4 is 16.7 Å². The molecule has 0 radical (unpaired) electrons. The molecule has 1 fully saturated rings. The van der Waals surface area contributed by atoms with Crippen LogP contribution in [0.5, 0.6) is 5.75 Å². The lowest BCUT2D eigenvalue weighted by Gasteiger charge is -2.30. The molecule has 0 spiro atoms. The Morgan fingerprint density at radius 2 is 1.93 bits per heavy atom. The van der Waals surface area contributed by atoms with Crippen molar-refractivity contribution < 1.29 is 9.53 Å². The van der Waals surface area contributed by atoms with E-state index in [9.17, 15) is 4.79 Å². The van der Waals surface area contributed by atoms with Crippen molar-refractivity contribution in [2.45, 2.75) is 44.4 Å². The minimum absolute atomic E-state index is 0.0266. The highest BCUT2D eigenvalue weighted by Gasteiger charge is 2.24. The maximum Gasteiger partial charge on any atom is 0.251 e. The molecule has 144 valence electrons. The Morgan fingerprint density at radius 3 is 2.75 bits per heavy atom. The Balaban J connectivity index is 1.33. The van der Waals surface area contributed by atoms with E-state index in [2.05, 4.69) is 10.3 Å². The normalized spacial score (nSPS) is 19.3. The molecule has 4 rings (SSSR count). The average Bonchev–Trinajstić information content (AvgIpc) is 2.75. The number of hydrogen-bond donors (Lipinski definition) is 2. The molecule has 1 aliphatic rings. The Kier molecular flexibility index (Phi) is 5.53. The number of nitrogens with zero attached hydrogens (tertiary/aromatic N) is 1. The molecule has 1 heterocycles. The molecule has 1 amide bonds. The number of nitrogens with two attached hydrogens (primary N) is 1. The van der Waals surface area contributed by atoms with Crippen LogP contribution in [0.2, 0.25) is 0 Å². The Bertz CT molecular complexity index is 959. The number of rotatable bonds is 5. The van der Waals surface area contributed by atoms with Crippen molar-refractivity contribution in [1.82, 2.24) is 10.3 Å². The van der Waals surface area contributed by atoms with Gasteiger partial charge in [-0.15, -0.1) is 0 Å². The van der Waals surface area contributed by atoms with Crippen molar-refractivity contribution in [1.29, 1.82) is 0 Å². The van der Waals surface area contributed by atoms with Crippen LogP contribution in [0.1, 0.15) is 41.6 Å². The molecule has 0 saturated heterocycles. The van der Waals surface area contributed by atoms with Gasteiger partial charge in [-0.1, -0.05) is 24.3 Å². The third-order valence-corrected chi connectivity index (χ3v) is 5.37. The third kappa shape index (κ3) is 4.15. The molecule has 2 aromatic carbocycles. The average molecular weight is 375 g/mol. The van der Waals surface area contributed by atoms with Gasteiger partial charge in [-0.2, -0.15) is 0 Å². The highest BCUT2D eigenvalue weighted by atomic mass is 16.5. The molecule has 1 saturated carbocycles. The summed E-state index contributed by atoms with van der Waals surface area (Å²) in [6.45, 7) is 0.438. The number of nitrogens with one attached hydrogen (secondary N) is 1. The van der Waals surface area contributed by atoms with E-state index in [4.69, 9.17) is 10.5 Å². The van der Waals surface area contributed by atoms with E-state index in [-0.39, 0.29) is 18.1 Å². The van der Waals surface area contributed by atoms with Gasteiger partial charge in [0.05, 0.1) is 6.10 Å². The smallest absolute Gasteiger partial charge is 0.251 e. The maximum absolute atomic E-state index is 12.5. The standard InChI is InChI=1S/C23H25N3O2/c24-14-16-3-1-4-17(13-16)23(27)26-19-7-9-20(10-8-19)28-22-6-2-5-18-15-25-12-11-21(18)22/h1-6,11-13,15,19-20H,7-10,14,24H2,(H,26,27). The maximum atomic E-state index is 12.5. The summed E-state index contributed by atoms with van der Waals surface area (Å²) in [6, 6.07) is 15.7. The van der Waals surface area contributed by atoms with E-state index in [1.165, 1.54) is 0 Å². The number of pyridine rings is 1. The number of hydrogen-bond acceptors (Lipinski definition) is 4. The summed E-state index contributed by atoms with van der Waals surface area (Å²) < 4.78 is 6.28. The van der Waals surface area contributed by atoms with E-state index in [0.717, 1.165) is 47.8 Å². The fourth-order valence-electron chi connectivity index (χ4n) is 3.81. The zero-order chi connectivity index (χ0) is 19.3. The molecule has 3 aromatic rings. The zero-order valence-corrected chi connectivity index (χ0v) is 15.8. The van der Waals surface area contributed by atoms with Gasteiger partial charge >= 0.3 is 0 Å². The highest BCUT2D eigenvalue weighted by Crippen LogP contribution is 2.29. The molecule has 1 aromatic heterocycles. The van der Waals surface area contributed by atoms with Gasteiger partial charge in [0.2, 0.25) is 0 Å². The lowest BCUT2D eigenvalue weighted by atomic mass is 9.92. The first kappa shape index (κ1) is 18.4. The van der Waals surface area contributed by atoms with Crippen LogP contribution in [0.15, 0.2) is 60.9 Å². The first-order valence-corrected chi connectivity index (χ1v) is 9.82. The lowest BCUT2D eigenvalue weighted by molar-refractivity contribution is 0.0895. The summed E-state index contributed by atoms with van der Waals surface area (Å²) in [7, 11) is 0. The lowest BCUT2D eigenvalue weighted by Crippen LogP contribution is -2.39. The summed E-state index contributed by atoms with van der Waals surface area (Å²) in [5.41, 5.74) is 7.31. The van der Waals surface area contributed by atoms with Gasteiger partial charge < -0.3 is 15.8 Å². The largest absolute Gasteiger partial charge is 0.490 e. The van der Waals surface area contributed by atoms with Crippen molar-refractivity contribution in [3.8, 4) is 5.75 Å². The first-order valence-electron chi connectivity index (χ1n) is 9.82. The summed E-state index contributed by atoms with van der Waals surface area (Å²) >= 11 is 0. The van der Waals surface area contributed by atoms with Crippen LogP contribution in [0.4, 0.5) is 0 Å². The molecule has 5 nitrogen and oxygen atoms in total. The molecule has 5 heteroatoms. The third-order valence-electron chi connectivity index (χ3n) is 5.37. The van der Waals surface area contributed by atoms with E-state index in [0.29, 0.717) is 12.1 Å². The molecule has 1 aliphatic carbocycles. The van der Waals surface area contributed by atoms with Gasteiger partial charge in [0.25, 0.3) is 5.91 Å². The van der Waals surface area contributed by atoms with Crippen molar-refractivity contribution in [2.75, 3.05) is 0 Å². The molecular formula is C23H25N3O2. The minimum atomic E-state index is -0.0266. The number of carbonyl (C=O) groups is 1. The van der Waals surface area contributed by atoms with Crippen molar-refractivity contribution in [3.05, 3.63) is 72.1 Å². The number of ether oxygens (including phenoxy) is 1. The van der Waals surface area contributed by atoms with Gasteiger partial charge in [-0.25, -0.2) is 0 Å². The molecular weight excluding hydrogens is 350 g/mol. The summed E-state index contributed by atoms with van der Waals surface area (Å²) in [5.74, 6) is 0.882. The van der Waals surface area contributed by atoms with Crippen LogP contribution in [-0.2, 0) is 6.54 Å². The van der Waals surface area contributed by atoms with E-state index in [1.54, 1.807) is 6.20 Å². The predicted octanol–water partition coefficient (Wildman–Crippen LogP) is 3.81. The SMILES string of the molecule is NCc1cccc(C(=O)NC2CCC(Oc3cccc4cnccc34)CC2)c1. The molecule has 3 N–H and O–H groups in total. The number of amides is 1. The van der Waals surface area contributed by atoms with Gasteiger partial charge in [-0.3, -0.25) is 9.78 Å². The van der Waals surface area contributed by atoms with E-state index in [1.807, 2.05) is 54.7 Å². The van der Waals surface area contributed by atoms with Crippen LogP contribution in [-0.4, -0.2) is 23.0 Å². The summed E-state index contributed by atoms with van der Waals surface area (Å²) in [5, 5.41) is 5.33. The van der Waals surface area contributed by atoms with Gasteiger partial charge in [0.15, 0.2) is 0 Å². The zero-order valence-electron chi connectivity index (χ0n) is 15.8. The van der Waals surface area contributed by atoms with Gasteiger partial charge in [0, 0.05) is 41.3 Å². The number of carbonyl (C=O) groups excluding carboxylic acids is 1. The fourth-order valence-corrected chi connectivity index (χ4v) is 3.81. The van der Waals surface area contributed by atoms with Crippen LogP contribution >= 0.6 is 0 Å². The molecule has 0 bridgehead atoms. The molecule has 0 aliphatic heterocycles.